The number of hydrogen-bond donors (Lipinski definition) is 2. The maximum Gasteiger partial charge on any atom is 0.304 e. The molecule has 0 amide bonds. The average molecular weight is 290 g/mol. The maximum absolute atomic E-state index is 12.2. The third-order valence-corrected chi connectivity index (χ3v) is 5.58. The first-order valence-corrected chi connectivity index (χ1v) is 8.54. The first-order valence-electron chi connectivity index (χ1n) is 6.94. The van der Waals surface area contributed by atoms with E-state index in [9.17, 15) is 13.2 Å². The number of carboxylic acid groups (broad SMARTS) is 1. The van der Waals surface area contributed by atoms with Crippen LogP contribution >= 0.6 is 0 Å². The van der Waals surface area contributed by atoms with Crippen molar-refractivity contribution in [2.24, 2.45) is 0 Å². The molecule has 0 aromatic heterocycles. The Morgan fingerprint density at radius 3 is 2.53 bits per heavy atom. The largest absolute Gasteiger partial charge is 0.481 e. The summed E-state index contributed by atoms with van der Waals surface area (Å²) in [5.41, 5.74) is 0. The van der Waals surface area contributed by atoms with Crippen LogP contribution in [-0.2, 0) is 14.8 Å². The molecule has 1 saturated heterocycles. The van der Waals surface area contributed by atoms with E-state index in [0.29, 0.717) is 6.54 Å². The lowest BCUT2D eigenvalue weighted by Crippen LogP contribution is -2.47. The molecule has 110 valence electrons. The van der Waals surface area contributed by atoms with Crippen LogP contribution in [0.15, 0.2) is 0 Å². The van der Waals surface area contributed by atoms with Crippen molar-refractivity contribution >= 4 is 16.0 Å². The van der Waals surface area contributed by atoms with Gasteiger partial charge < -0.3 is 10.4 Å². The van der Waals surface area contributed by atoms with Gasteiger partial charge in [0.2, 0.25) is 10.0 Å². The number of aliphatic carboxylic acids is 1. The molecule has 0 aromatic carbocycles. The van der Waals surface area contributed by atoms with E-state index in [-0.39, 0.29) is 24.3 Å². The lowest BCUT2D eigenvalue weighted by molar-refractivity contribution is -0.136. The Bertz CT molecular complexity index is 413. The van der Waals surface area contributed by atoms with Gasteiger partial charge in [0.15, 0.2) is 0 Å². The van der Waals surface area contributed by atoms with E-state index >= 15 is 0 Å². The first kappa shape index (κ1) is 14.7. The van der Waals surface area contributed by atoms with Gasteiger partial charge in [-0.2, -0.15) is 4.31 Å². The monoisotopic (exact) mass is 290 g/mol. The molecule has 2 aliphatic rings. The normalized spacial score (nSPS) is 24.6. The summed E-state index contributed by atoms with van der Waals surface area (Å²) in [4.78, 5) is 10.5. The van der Waals surface area contributed by atoms with Gasteiger partial charge in [-0.05, 0) is 32.2 Å². The standard InChI is InChI=1S/C12H22N2O4S/c15-12(16)6-8-19(17,18)14(11-4-5-11)9-10-3-1-2-7-13-10/h10-11,13H,1-9H2,(H,15,16). The Labute approximate surface area is 114 Å². The van der Waals surface area contributed by atoms with Gasteiger partial charge in [-0.1, -0.05) is 6.42 Å². The van der Waals surface area contributed by atoms with E-state index in [4.69, 9.17) is 5.11 Å². The summed E-state index contributed by atoms with van der Waals surface area (Å²) in [5, 5.41) is 12.0. The van der Waals surface area contributed by atoms with Gasteiger partial charge in [0.05, 0.1) is 12.2 Å². The molecular weight excluding hydrogens is 268 g/mol. The number of piperidine rings is 1. The summed E-state index contributed by atoms with van der Waals surface area (Å²) < 4.78 is 26.0. The Balaban J connectivity index is 1.96. The maximum atomic E-state index is 12.2. The van der Waals surface area contributed by atoms with Crippen LogP contribution in [0.1, 0.15) is 38.5 Å². The summed E-state index contributed by atoms with van der Waals surface area (Å²) in [6, 6.07) is 0.316. The first-order chi connectivity index (χ1) is 8.99. The zero-order valence-electron chi connectivity index (χ0n) is 11.0. The van der Waals surface area contributed by atoms with Crippen molar-refractivity contribution in [1.82, 2.24) is 9.62 Å². The third-order valence-electron chi connectivity index (χ3n) is 3.70. The second kappa shape index (κ2) is 6.19. The van der Waals surface area contributed by atoms with Crippen molar-refractivity contribution < 1.29 is 18.3 Å². The minimum absolute atomic E-state index is 0.0996. The van der Waals surface area contributed by atoms with E-state index in [2.05, 4.69) is 5.32 Å². The molecule has 2 N–H and O–H groups in total. The highest BCUT2D eigenvalue weighted by molar-refractivity contribution is 7.89. The summed E-state index contributed by atoms with van der Waals surface area (Å²) in [5.74, 6) is -1.35. The fourth-order valence-electron chi connectivity index (χ4n) is 2.48. The van der Waals surface area contributed by atoms with Crippen molar-refractivity contribution in [3.8, 4) is 0 Å². The zero-order chi connectivity index (χ0) is 13.9. The lowest BCUT2D eigenvalue weighted by Gasteiger charge is -2.30. The van der Waals surface area contributed by atoms with Gasteiger partial charge in [0.25, 0.3) is 0 Å². The third kappa shape index (κ3) is 4.43. The van der Waals surface area contributed by atoms with E-state index < -0.39 is 16.0 Å². The molecule has 0 spiro atoms. The summed E-state index contributed by atoms with van der Waals surface area (Å²) in [7, 11) is -3.44. The fourth-order valence-corrected chi connectivity index (χ4v) is 4.22. The molecule has 1 heterocycles. The summed E-state index contributed by atoms with van der Waals surface area (Å²) in [6.45, 7) is 1.44. The number of rotatable bonds is 7. The highest BCUT2D eigenvalue weighted by Crippen LogP contribution is 2.30. The van der Waals surface area contributed by atoms with E-state index in [1.54, 1.807) is 4.31 Å². The second-order valence-corrected chi connectivity index (χ2v) is 7.45. The van der Waals surface area contributed by atoms with Gasteiger partial charge in [0, 0.05) is 18.6 Å². The topological polar surface area (TPSA) is 86.7 Å². The van der Waals surface area contributed by atoms with Crippen molar-refractivity contribution in [2.45, 2.75) is 50.6 Å². The van der Waals surface area contributed by atoms with Crippen LogP contribution in [0.4, 0.5) is 0 Å². The minimum Gasteiger partial charge on any atom is -0.481 e. The predicted molar refractivity (Wildman–Crippen MR) is 71.4 cm³/mol. The van der Waals surface area contributed by atoms with Crippen LogP contribution in [0.5, 0.6) is 0 Å². The number of carboxylic acids is 1. The van der Waals surface area contributed by atoms with Crippen molar-refractivity contribution in [3.05, 3.63) is 0 Å². The van der Waals surface area contributed by atoms with Gasteiger partial charge in [-0.3, -0.25) is 4.79 Å². The fraction of sp³-hybridized carbons (Fsp3) is 0.917. The molecule has 2 fully saturated rings. The summed E-state index contributed by atoms with van der Waals surface area (Å²) in [6.07, 6.45) is 4.76. The Kier molecular flexibility index (Phi) is 4.81. The minimum atomic E-state index is -3.44. The number of hydrogen-bond acceptors (Lipinski definition) is 4. The molecule has 0 radical (unpaired) electrons. The number of sulfonamides is 1. The van der Waals surface area contributed by atoms with Gasteiger partial charge in [0.1, 0.15) is 0 Å². The molecule has 7 heteroatoms. The lowest BCUT2D eigenvalue weighted by atomic mass is 10.1. The van der Waals surface area contributed by atoms with Crippen molar-refractivity contribution in [3.63, 3.8) is 0 Å². The van der Waals surface area contributed by atoms with Gasteiger partial charge in [-0.25, -0.2) is 8.42 Å². The zero-order valence-corrected chi connectivity index (χ0v) is 11.9. The van der Waals surface area contributed by atoms with E-state index in [0.717, 1.165) is 38.6 Å². The van der Waals surface area contributed by atoms with Crippen LogP contribution in [0.25, 0.3) is 0 Å². The number of nitrogens with one attached hydrogen (secondary N) is 1. The molecular formula is C12H22N2O4S. The van der Waals surface area contributed by atoms with Crippen LogP contribution in [-0.4, -0.2) is 54.7 Å². The smallest absolute Gasteiger partial charge is 0.304 e. The van der Waals surface area contributed by atoms with Crippen LogP contribution in [0.2, 0.25) is 0 Å². The van der Waals surface area contributed by atoms with Crippen molar-refractivity contribution in [1.29, 1.82) is 0 Å². The molecule has 2 rings (SSSR count). The molecule has 1 unspecified atom stereocenters. The van der Waals surface area contributed by atoms with Gasteiger partial charge >= 0.3 is 5.97 Å². The quantitative estimate of drug-likeness (QED) is 0.708. The average Bonchev–Trinajstić information content (AvgIpc) is 3.19. The molecule has 1 atom stereocenters. The molecule has 19 heavy (non-hydrogen) atoms. The molecule has 1 aliphatic carbocycles. The molecule has 0 bridgehead atoms. The Hall–Kier alpha value is -0.660. The van der Waals surface area contributed by atoms with Gasteiger partial charge in [-0.15, -0.1) is 0 Å². The molecule has 1 saturated carbocycles. The molecule has 1 aliphatic heterocycles. The molecule has 0 aromatic rings. The van der Waals surface area contributed by atoms with Crippen LogP contribution in [0, 0.1) is 0 Å². The van der Waals surface area contributed by atoms with Crippen molar-refractivity contribution in [2.75, 3.05) is 18.8 Å². The highest BCUT2D eigenvalue weighted by atomic mass is 32.2. The Morgan fingerprint density at radius 2 is 2.00 bits per heavy atom. The highest BCUT2D eigenvalue weighted by Gasteiger charge is 2.38. The number of carbonyl (C=O) groups is 1. The predicted octanol–water partition coefficient (Wildman–Crippen LogP) is 0.397. The number of nitrogens with zero attached hydrogens (tertiary/aromatic N) is 1. The second-order valence-electron chi connectivity index (χ2n) is 5.41. The van der Waals surface area contributed by atoms with E-state index in [1.165, 1.54) is 0 Å². The van der Waals surface area contributed by atoms with Crippen LogP contribution in [0.3, 0.4) is 0 Å². The summed E-state index contributed by atoms with van der Waals surface area (Å²) >= 11 is 0. The SMILES string of the molecule is O=C(O)CCS(=O)(=O)N(CC1CCCCN1)C1CC1. The Morgan fingerprint density at radius 1 is 1.26 bits per heavy atom. The van der Waals surface area contributed by atoms with Crippen LogP contribution < -0.4 is 5.32 Å². The molecule has 6 nitrogen and oxygen atoms in total. The van der Waals surface area contributed by atoms with E-state index in [1.807, 2.05) is 0 Å².